The molecule has 6 aromatic carbocycles. The first-order chi connectivity index (χ1) is 27.0. The van der Waals surface area contributed by atoms with Gasteiger partial charge in [0, 0.05) is 27.9 Å². The van der Waals surface area contributed by atoms with E-state index in [-0.39, 0.29) is 10.8 Å². The van der Waals surface area contributed by atoms with Crippen molar-refractivity contribution in [3.63, 3.8) is 0 Å². The van der Waals surface area contributed by atoms with Crippen LogP contribution in [-0.2, 0) is 10.8 Å². The maximum absolute atomic E-state index is 2.65. The zero-order valence-electron chi connectivity index (χ0n) is 32.3. The van der Waals surface area contributed by atoms with Crippen molar-refractivity contribution in [3.8, 4) is 33.4 Å². The fourth-order valence-electron chi connectivity index (χ4n) is 14.3. The number of rotatable bonds is 4. The van der Waals surface area contributed by atoms with E-state index in [1.807, 2.05) is 0 Å². The van der Waals surface area contributed by atoms with Crippen LogP contribution in [0.3, 0.4) is 0 Å². The lowest BCUT2D eigenvalue weighted by atomic mass is 9.49. The summed E-state index contributed by atoms with van der Waals surface area (Å²) < 4.78 is 0. The smallest absolute Gasteiger partial charge is 0.0468 e. The molecule has 0 N–H and O–H groups in total. The minimum atomic E-state index is 0.0513. The normalized spacial score (nSPS) is 30.3. The number of hydrogen-bond donors (Lipinski definition) is 0. The summed E-state index contributed by atoms with van der Waals surface area (Å²) >= 11 is 0. The van der Waals surface area contributed by atoms with Crippen molar-refractivity contribution in [3.05, 3.63) is 162 Å². The molecule has 12 rings (SSSR count). The Morgan fingerprint density at radius 1 is 0.455 bits per heavy atom. The molecular weight excluding hydrogens is 663 g/mol. The van der Waals surface area contributed by atoms with Crippen molar-refractivity contribution in [1.82, 2.24) is 0 Å². The minimum absolute atomic E-state index is 0.0513. The topological polar surface area (TPSA) is 3.24 Å². The molecule has 4 fully saturated rings. The summed E-state index contributed by atoms with van der Waals surface area (Å²) in [6.07, 6.45) is 10.9. The zero-order chi connectivity index (χ0) is 36.5. The van der Waals surface area contributed by atoms with Crippen LogP contribution in [0.5, 0.6) is 0 Å². The molecule has 1 heteroatoms. The molecule has 55 heavy (non-hydrogen) atoms. The molecule has 0 amide bonds. The predicted molar refractivity (Wildman–Crippen MR) is 228 cm³/mol. The molecule has 6 aromatic rings. The number of anilines is 3. The van der Waals surface area contributed by atoms with Gasteiger partial charge in [-0.1, -0.05) is 123 Å². The number of fused-ring (bicyclic) bond motifs is 16. The SMILES string of the molecule is C[C@@H]1CC2C[C@H](C1)[C@@]1(c3ccccc3-c3ccc(N(c4cccc(-c5ccccc5)c4)c4ccc5c(c4)-c4ccccc4[C@@]54C[C@H]5CC[C@@H]4C5)cc31)[C@@H](C)C2. The van der Waals surface area contributed by atoms with E-state index in [0.717, 1.165) is 23.7 Å². The molecule has 272 valence electrons. The highest BCUT2D eigenvalue weighted by molar-refractivity contribution is 5.90. The first-order valence-electron chi connectivity index (χ1n) is 21.5. The fraction of sp³-hybridized carbons (Fsp3) is 0.333. The molecule has 4 saturated carbocycles. The molecule has 1 unspecified atom stereocenters. The van der Waals surface area contributed by atoms with Gasteiger partial charge in [0.15, 0.2) is 0 Å². The maximum Gasteiger partial charge on any atom is 0.0468 e. The van der Waals surface area contributed by atoms with Crippen LogP contribution < -0.4 is 4.90 Å². The quantitative estimate of drug-likeness (QED) is 0.176. The predicted octanol–water partition coefficient (Wildman–Crippen LogP) is 14.3. The van der Waals surface area contributed by atoms with Gasteiger partial charge in [-0.2, -0.15) is 0 Å². The Labute approximate surface area is 327 Å². The molecule has 0 heterocycles. The highest BCUT2D eigenvalue weighted by atomic mass is 15.1. The lowest BCUT2D eigenvalue weighted by Crippen LogP contribution is -2.49. The first-order valence-corrected chi connectivity index (χ1v) is 21.5. The van der Waals surface area contributed by atoms with Crippen LogP contribution >= 0.6 is 0 Å². The van der Waals surface area contributed by atoms with Crippen LogP contribution in [0, 0.1) is 35.5 Å². The Kier molecular flexibility index (Phi) is 6.95. The molecule has 0 radical (unpaired) electrons. The highest BCUT2D eigenvalue weighted by Gasteiger charge is 2.58. The van der Waals surface area contributed by atoms with E-state index in [1.54, 1.807) is 22.3 Å². The van der Waals surface area contributed by atoms with Crippen LogP contribution in [0.4, 0.5) is 17.1 Å². The van der Waals surface area contributed by atoms with Crippen LogP contribution in [-0.4, -0.2) is 0 Å². The fourth-order valence-corrected chi connectivity index (χ4v) is 14.3. The second-order valence-electron chi connectivity index (χ2n) is 18.7. The van der Waals surface area contributed by atoms with Gasteiger partial charge in [-0.05, 0) is 172 Å². The third-order valence-corrected chi connectivity index (χ3v) is 16.0. The Morgan fingerprint density at radius 2 is 1.13 bits per heavy atom. The van der Waals surface area contributed by atoms with Gasteiger partial charge in [0.05, 0.1) is 0 Å². The molecule has 0 aliphatic heterocycles. The Morgan fingerprint density at radius 3 is 1.95 bits per heavy atom. The van der Waals surface area contributed by atoms with Gasteiger partial charge in [0.2, 0.25) is 0 Å². The Bertz CT molecular complexity index is 2490. The van der Waals surface area contributed by atoms with Crippen molar-refractivity contribution in [2.75, 3.05) is 4.90 Å². The largest absolute Gasteiger partial charge is 0.310 e. The van der Waals surface area contributed by atoms with Crippen molar-refractivity contribution >= 4 is 17.1 Å². The summed E-state index contributed by atoms with van der Waals surface area (Å²) in [6.45, 7) is 5.12. The third-order valence-electron chi connectivity index (χ3n) is 16.0. The molecule has 1 nitrogen and oxygen atoms in total. The van der Waals surface area contributed by atoms with Crippen molar-refractivity contribution < 1.29 is 0 Å². The standard InChI is InChI=1S/C54H51N/c1-34-25-37-27-35(2)54(41(26-34)29-37)51-18-9-7-15-45(51)47-23-21-44(32-52(47)54)55(42-14-10-13-39(30-42)38-11-4-3-5-12-38)43-22-24-50-48(31-43)46-16-6-8-17-49(46)53(50)33-36-19-20-40(53)28-36/h3-18,21-24,30-32,34-37,40-41H,19-20,25-29,33H2,1-2H3/t34-,35+,36+,37?,40-,41+,53+,54-/m1/s1. The number of nitrogens with zero attached hydrogens (tertiary/aromatic N) is 1. The lowest BCUT2D eigenvalue weighted by Gasteiger charge is -2.54. The van der Waals surface area contributed by atoms with Gasteiger partial charge < -0.3 is 4.90 Å². The summed E-state index contributed by atoms with van der Waals surface area (Å²) in [5.41, 5.74) is 18.7. The molecule has 4 bridgehead atoms. The summed E-state index contributed by atoms with van der Waals surface area (Å²) in [5.74, 6) is 4.56. The first kappa shape index (κ1) is 32.4. The average Bonchev–Trinajstić information content (AvgIpc) is 3.97. The summed E-state index contributed by atoms with van der Waals surface area (Å²) in [6, 6.07) is 54.3. The Hall–Kier alpha value is -4.88. The summed E-state index contributed by atoms with van der Waals surface area (Å²) in [7, 11) is 0. The van der Waals surface area contributed by atoms with Crippen LogP contribution in [0.2, 0.25) is 0 Å². The zero-order valence-corrected chi connectivity index (χ0v) is 32.3. The second-order valence-corrected chi connectivity index (χ2v) is 18.7. The van der Waals surface area contributed by atoms with E-state index in [4.69, 9.17) is 0 Å². The Balaban J connectivity index is 1.07. The second kappa shape index (κ2) is 11.8. The van der Waals surface area contributed by atoms with E-state index < -0.39 is 0 Å². The van der Waals surface area contributed by atoms with Crippen LogP contribution in [0.25, 0.3) is 33.4 Å². The number of hydrogen-bond acceptors (Lipinski definition) is 1. The van der Waals surface area contributed by atoms with Gasteiger partial charge >= 0.3 is 0 Å². The lowest BCUT2D eigenvalue weighted by molar-refractivity contribution is 0.0426. The monoisotopic (exact) mass is 713 g/mol. The van der Waals surface area contributed by atoms with Crippen LogP contribution in [0.15, 0.2) is 140 Å². The van der Waals surface area contributed by atoms with E-state index in [1.165, 1.54) is 102 Å². The molecule has 6 aliphatic rings. The van der Waals surface area contributed by atoms with Gasteiger partial charge in [0.25, 0.3) is 0 Å². The summed E-state index contributed by atoms with van der Waals surface area (Å²) in [4.78, 5) is 2.60. The molecular formula is C54H51N. The van der Waals surface area contributed by atoms with E-state index in [0.29, 0.717) is 11.8 Å². The van der Waals surface area contributed by atoms with Gasteiger partial charge in [0.1, 0.15) is 0 Å². The molecule has 6 aliphatic carbocycles. The third kappa shape index (κ3) is 4.42. The molecule has 8 atom stereocenters. The average molecular weight is 714 g/mol. The number of benzene rings is 6. The van der Waals surface area contributed by atoms with Crippen molar-refractivity contribution in [2.24, 2.45) is 35.5 Å². The molecule has 0 aromatic heterocycles. The van der Waals surface area contributed by atoms with Gasteiger partial charge in [-0.3, -0.25) is 0 Å². The van der Waals surface area contributed by atoms with Crippen molar-refractivity contribution in [2.45, 2.75) is 76.0 Å². The van der Waals surface area contributed by atoms with E-state index >= 15 is 0 Å². The molecule has 0 saturated heterocycles. The van der Waals surface area contributed by atoms with E-state index in [2.05, 4.69) is 158 Å². The highest BCUT2D eigenvalue weighted by Crippen LogP contribution is 2.67. The van der Waals surface area contributed by atoms with Crippen LogP contribution in [0.1, 0.15) is 87.5 Å². The summed E-state index contributed by atoms with van der Waals surface area (Å²) in [5, 5.41) is 0. The van der Waals surface area contributed by atoms with Crippen molar-refractivity contribution in [1.29, 1.82) is 0 Å². The minimum Gasteiger partial charge on any atom is -0.310 e. The van der Waals surface area contributed by atoms with E-state index in [9.17, 15) is 0 Å². The van der Waals surface area contributed by atoms with Gasteiger partial charge in [-0.25, -0.2) is 0 Å². The molecule has 2 spiro atoms. The van der Waals surface area contributed by atoms with Gasteiger partial charge in [-0.15, -0.1) is 0 Å². The maximum atomic E-state index is 2.65.